The van der Waals surface area contributed by atoms with Crippen LogP contribution in [0.3, 0.4) is 0 Å². The third-order valence-corrected chi connectivity index (χ3v) is 5.59. The number of aromatic nitrogens is 6. The van der Waals surface area contributed by atoms with Crippen molar-refractivity contribution in [1.82, 2.24) is 29.1 Å². The van der Waals surface area contributed by atoms with Crippen molar-refractivity contribution in [3.8, 4) is 0 Å². The fraction of sp³-hybridized carbons (Fsp3) is 0.478. The van der Waals surface area contributed by atoms with E-state index >= 15 is 0 Å². The number of ether oxygens (including phenoxy) is 3. The van der Waals surface area contributed by atoms with Crippen LogP contribution in [-0.4, -0.2) is 72.1 Å². The maximum atomic E-state index is 11.6. The van der Waals surface area contributed by atoms with Gasteiger partial charge in [0.1, 0.15) is 25.5 Å². The summed E-state index contributed by atoms with van der Waals surface area (Å²) >= 11 is 0. The first-order valence-corrected chi connectivity index (χ1v) is 12.0. The monoisotopic (exact) mass is 548 g/mol. The Kier molecular flexibility index (Phi) is 9.89. The van der Waals surface area contributed by atoms with Crippen molar-refractivity contribution >= 4 is 23.1 Å². The molecular weight excluding hydrogens is 516 g/mol. The molecule has 0 amide bonds. The number of carbonyl (C=O) groups excluding carboxylic acids is 1. The molecule has 212 valence electrons. The molecule has 0 radical (unpaired) electrons. The van der Waals surface area contributed by atoms with Crippen LogP contribution < -0.4 is 28.3 Å². The van der Waals surface area contributed by atoms with E-state index in [1.807, 2.05) is 13.8 Å². The number of hydrogen-bond acceptors (Lipinski definition) is 12. The highest BCUT2D eigenvalue weighted by Crippen LogP contribution is 2.18. The standard InChI is InChI=1S/C13H20N6O4.C10H12N2O4/c1-7(2)8(14)12(21)23-4-3-22-6-19-5-16-9-10(19)17-13(15)18-11(9)20;1-6-4-12(10(15)11-9(6)14)8-3-2-7(5-13)16-8/h5,7-8H,3-4,6,14H2,1-2H3,(H3,15,17,18,20);2-4,7-8,13H,5H2,1H3,(H,11,14,15)/t8-;7-,8+/m00/s1. The predicted octanol–water partition coefficient (Wildman–Crippen LogP) is -1.51. The van der Waals surface area contributed by atoms with E-state index in [0.717, 1.165) is 0 Å². The van der Waals surface area contributed by atoms with Gasteiger partial charge in [-0.15, -0.1) is 0 Å². The number of aromatic amines is 2. The predicted molar refractivity (Wildman–Crippen MR) is 138 cm³/mol. The number of nitrogens with zero attached hydrogens (tertiary/aromatic N) is 4. The molecule has 3 aromatic heterocycles. The Balaban J connectivity index is 0.000000230. The summed E-state index contributed by atoms with van der Waals surface area (Å²) in [6, 6.07) is -0.647. The van der Waals surface area contributed by atoms with Crippen LogP contribution in [0, 0.1) is 12.8 Å². The van der Waals surface area contributed by atoms with Gasteiger partial charge in [-0.25, -0.2) is 9.78 Å². The number of aryl methyl sites for hydroxylation is 1. The Morgan fingerprint density at radius 3 is 2.62 bits per heavy atom. The van der Waals surface area contributed by atoms with Crippen molar-refractivity contribution < 1.29 is 24.1 Å². The Morgan fingerprint density at radius 2 is 1.95 bits per heavy atom. The molecule has 4 rings (SSSR count). The lowest BCUT2D eigenvalue weighted by Crippen LogP contribution is -2.37. The quantitative estimate of drug-likeness (QED) is 0.117. The highest BCUT2D eigenvalue weighted by molar-refractivity contribution is 5.75. The van der Waals surface area contributed by atoms with E-state index in [1.165, 1.54) is 21.7 Å². The highest BCUT2D eigenvalue weighted by Gasteiger charge is 2.21. The van der Waals surface area contributed by atoms with Crippen molar-refractivity contribution in [1.29, 1.82) is 0 Å². The van der Waals surface area contributed by atoms with E-state index in [9.17, 15) is 19.2 Å². The number of rotatable bonds is 9. The lowest BCUT2D eigenvalue weighted by atomic mass is 10.1. The van der Waals surface area contributed by atoms with E-state index < -0.39 is 41.2 Å². The zero-order valence-electron chi connectivity index (χ0n) is 21.7. The third-order valence-electron chi connectivity index (χ3n) is 5.59. The molecular formula is C23H32N8O8. The summed E-state index contributed by atoms with van der Waals surface area (Å²) in [5.74, 6) is -0.450. The molecule has 0 saturated heterocycles. The summed E-state index contributed by atoms with van der Waals surface area (Å²) < 4.78 is 18.5. The first-order valence-electron chi connectivity index (χ1n) is 12.0. The molecule has 0 fully saturated rings. The number of hydrogen-bond donors (Lipinski definition) is 5. The second kappa shape index (κ2) is 13.1. The van der Waals surface area contributed by atoms with E-state index in [1.54, 1.807) is 19.1 Å². The van der Waals surface area contributed by atoms with Gasteiger partial charge in [0.05, 0.1) is 19.5 Å². The molecule has 0 unspecified atom stereocenters. The Hall–Kier alpha value is -4.12. The van der Waals surface area contributed by atoms with Crippen molar-refractivity contribution in [2.45, 2.75) is 45.9 Å². The number of nitrogens with one attached hydrogen (secondary N) is 2. The molecule has 0 bridgehead atoms. The number of nitrogen functional groups attached to an aromatic ring is 1. The lowest BCUT2D eigenvalue weighted by molar-refractivity contribution is -0.148. The number of carbonyl (C=O) groups is 1. The first kappa shape index (κ1) is 29.4. The summed E-state index contributed by atoms with van der Waals surface area (Å²) in [4.78, 5) is 58.3. The molecule has 1 aliphatic heterocycles. The van der Waals surface area contributed by atoms with Gasteiger partial charge in [-0.2, -0.15) is 4.98 Å². The summed E-state index contributed by atoms with van der Waals surface area (Å²) in [5.41, 5.74) is 10.8. The molecule has 3 atom stereocenters. The average Bonchev–Trinajstić information content (AvgIpc) is 3.53. The topological polar surface area (TPSA) is 235 Å². The number of fused-ring (bicyclic) bond motifs is 1. The molecule has 0 saturated carbocycles. The average molecular weight is 549 g/mol. The summed E-state index contributed by atoms with van der Waals surface area (Å²) in [6.45, 7) is 5.51. The Labute approximate surface area is 221 Å². The fourth-order valence-electron chi connectivity index (χ4n) is 3.32. The molecule has 16 nitrogen and oxygen atoms in total. The molecule has 7 N–H and O–H groups in total. The largest absolute Gasteiger partial charge is 0.462 e. The van der Waals surface area contributed by atoms with Crippen molar-refractivity contribution in [2.75, 3.05) is 25.6 Å². The number of imidazole rings is 1. The van der Waals surface area contributed by atoms with E-state index in [2.05, 4.69) is 19.9 Å². The Bertz CT molecular complexity index is 1490. The number of aliphatic hydroxyl groups excluding tert-OH is 1. The smallest absolute Gasteiger partial charge is 0.330 e. The third kappa shape index (κ3) is 7.47. The maximum Gasteiger partial charge on any atom is 0.330 e. The summed E-state index contributed by atoms with van der Waals surface area (Å²) in [6.07, 6.45) is 5.24. The van der Waals surface area contributed by atoms with Crippen molar-refractivity contribution in [2.24, 2.45) is 11.7 Å². The van der Waals surface area contributed by atoms with Gasteiger partial charge in [-0.05, 0) is 18.9 Å². The zero-order valence-corrected chi connectivity index (χ0v) is 21.7. The lowest BCUT2D eigenvalue weighted by Gasteiger charge is -2.14. The van der Waals surface area contributed by atoms with Gasteiger partial charge in [0.2, 0.25) is 5.95 Å². The Morgan fingerprint density at radius 1 is 1.21 bits per heavy atom. The molecule has 16 heteroatoms. The second-order valence-corrected chi connectivity index (χ2v) is 8.92. The van der Waals surface area contributed by atoms with E-state index in [0.29, 0.717) is 11.2 Å². The van der Waals surface area contributed by atoms with E-state index in [4.69, 9.17) is 30.8 Å². The van der Waals surface area contributed by atoms with Crippen LogP contribution in [0.1, 0.15) is 25.6 Å². The number of aliphatic hydroxyl groups is 1. The van der Waals surface area contributed by atoms with Gasteiger partial charge in [-0.1, -0.05) is 19.9 Å². The van der Waals surface area contributed by atoms with Gasteiger partial charge in [0.15, 0.2) is 17.4 Å². The van der Waals surface area contributed by atoms with Crippen LogP contribution >= 0.6 is 0 Å². The van der Waals surface area contributed by atoms with Gasteiger partial charge in [0, 0.05) is 11.8 Å². The van der Waals surface area contributed by atoms with Gasteiger partial charge < -0.3 is 30.8 Å². The van der Waals surface area contributed by atoms with Crippen LogP contribution in [0.15, 0.2) is 39.1 Å². The zero-order chi connectivity index (χ0) is 28.7. The van der Waals surface area contributed by atoms with Gasteiger partial charge in [0.25, 0.3) is 11.1 Å². The molecule has 0 spiro atoms. The van der Waals surface area contributed by atoms with Gasteiger partial charge >= 0.3 is 11.7 Å². The molecule has 3 aromatic rings. The van der Waals surface area contributed by atoms with Crippen LogP contribution in [0.4, 0.5) is 5.95 Å². The summed E-state index contributed by atoms with van der Waals surface area (Å²) in [5, 5.41) is 8.88. The molecule has 4 heterocycles. The number of anilines is 1. The first-order chi connectivity index (χ1) is 18.5. The fourth-order valence-corrected chi connectivity index (χ4v) is 3.32. The number of esters is 1. The minimum atomic E-state index is -0.647. The molecule has 1 aliphatic rings. The maximum absolute atomic E-state index is 11.6. The second-order valence-electron chi connectivity index (χ2n) is 8.92. The van der Waals surface area contributed by atoms with Crippen LogP contribution in [0.2, 0.25) is 0 Å². The SMILES string of the molecule is CC(C)[C@H](N)C(=O)OCCOCn1cnc2c(=O)[nH]c(N)nc21.Cc1cn([C@H]2C=C[C@@H](CO)O2)c(=O)[nH]c1=O. The normalized spacial score (nSPS) is 17.3. The van der Waals surface area contributed by atoms with Crippen molar-refractivity contribution in [3.63, 3.8) is 0 Å². The minimum Gasteiger partial charge on any atom is -0.462 e. The van der Waals surface area contributed by atoms with Crippen molar-refractivity contribution in [3.05, 3.63) is 61.4 Å². The highest BCUT2D eigenvalue weighted by atomic mass is 16.6. The van der Waals surface area contributed by atoms with Gasteiger partial charge in [-0.3, -0.25) is 33.5 Å². The number of H-pyrrole nitrogens is 2. The molecule has 0 aliphatic carbocycles. The number of nitrogens with two attached hydrogens (primary N) is 2. The van der Waals surface area contributed by atoms with Crippen LogP contribution in [-0.2, 0) is 25.7 Å². The van der Waals surface area contributed by atoms with E-state index in [-0.39, 0.29) is 43.9 Å². The summed E-state index contributed by atoms with van der Waals surface area (Å²) in [7, 11) is 0. The van der Waals surface area contributed by atoms with Crippen LogP contribution in [0.5, 0.6) is 0 Å². The minimum absolute atomic E-state index is 0.000790. The molecule has 0 aromatic carbocycles. The molecule has 39 heavy (non-hydrogen) atoms. The van der Waals surface area contributed by atoms with Crippen LogP contribution in [0.25, 0.3) is 11.2 Å².